The first-order valence-corrected chi connectivity index (χ1v) is 11.8. The lowest BCUT2D eigenvalue weighted by molar-refractivity contribution is 0.00595. The molecule has 0 amide bonds. The number of carbonyl (C=O) groups is 1. The topological polar surface area (TPSA) is 96.0 Å². The lowest BCUT2D eigenvalue weighted by atomic mass is 10.1. The Hall–Kier alpha value is -1.95. The summed E-state index contributed by atoms with van der Waals surface area (Å²) in [6.45, 7) is 3.37. The second-order valence-corrected chi connectivity index (χ2v) is 9.98. The molecule has 0 saturated carbocycles. The van der Waals surface area contributed by atoms with Gasteiger partial charge in [0.1, 0.15) is 23.4 Å². The summed E-state index contributed by atoms with van der Waals surface area (Å²) in [6.07, 6.45) is -2.18. The number of benzene rings is 2. The zero-order chi connectivity index (χ0) is 21.6. The molecule has 11 heteroatoms. The van der Waals surface area contributed by atoms with Crippen LogP contribution in [0.2, 0.25) is 0 Å². The van der Waals surface area contributed by atoms with E-state index in [-0.39, 0.29) is 0 Å². The predicted octanol–water partition coefficient (Wildman–Crippen LogP) is 6.52. The van der Waals surface area contributed by atoms with E-state index in [4.69, 9.17) is 18.3 Å². The van der Waals surface area contributed by atoms with Gasteiger partial charge in [-0.05, 0) is 38.1 Å². The molecule has 30 heavy (non-hydrogen) atoms. The highest BCUT2D eigenvalue weighted by atomic mass is 79.9. The van der Waals surface area contributed by atoms with Gasteiger partial charge in [-0.1, -0.05) is 54.5 Å². The molecular formula is C19H12Br2O7S2. The fraction of sp³-hybridized carbons (Fsp3) is 0.211. The molecule has 2 unspecified atom stereocenters. The number of hydrogen-bond acceptors (Lipinski definition) is 9. The SMILES string of the molecule is CC(OC(=O)OC(C)c1cc2oc(=O)sc2cc1Br)c1cc2oc(=O)sc2cc1Br. The summed E-state index contributed by atoms with van der Waals surface area (Å²) < 4.78 is 23.8. The Kier molecular flexibility index (Phi) is 5.88. The van der Waals surface area contributed by atoms with Gasteiger partial charge in [0.05, 0.1) is 9.40 Å². The van der Waals surface area contributed by atoms with E-state index >= 15 is 0 Å². The molecule has 7 nitrogen and oxygen atoms in total. The van der Waals surface area contributed by atoms with E-state index in [1.165, 1.54) is 0 Å². The summed E-state index contributed by atoms with van der Waals surface area (Å²) in [4.78, 5) is 34.4. The molecule has 4 rings (SSSR count). The van der Waals surface area contributed by atoms with Crippen LogP contribution in [-0.2, 0) is 9.47 Å². The minimum absolute atomic E-state index is 0.403. The van der Waals surface area contributed by atoms with Gasteiger partial charge in [-0.15, -0.1) is 0 Å². The third-order valence-corrected chi connectivity index (χ3v) is 7.27. The van der Waals surface area contributed by atoms with Crippen molar-refractivity contribution in [3.05, 3.63) is 63.8 Å². The minimum Gasteiger partial charge on any atom is -0.426 e. The summed E-state index contributed by atoms with van der Waals surface area (Å²) in [5.41, 5.74) is 2.12. The number of ether oxygens (including phenoxy) is 2. The molecule has 0 spiro atoms. The van der Waals surface area contributed by atoms with Crippen LogP contribution in [0.25, 0.3) is 20.6 Å². The van der Waals surface area contributed by atoms with Gasteiger partial charge in [0.2, 0.25) is 0 Å². The van der Waals surface area contributed by atoms with Crippen LogP contribution in [0.15, 0.2) is 51.6 Å². The van der Waals surface area contributed by atoms with Crippen molar-refractivity contribution in [3.8, 4) is 0 Å². The van der Waals surface area contributed by atoms with E-state index in [2.05, 4.69) is 31.9 Å². The summed E-state index contributed by atoms with van der Waals surface area (Å²) >= 11 is 8.85. The van der Waals surface area contributed by atoms with Crippen LogP contribution in [0.3, 0.4) is 0 Å². The van der Waals surface area contributed by atoms with E-state index in [0.717, 1.165) is 22.7 Å². The third kappa shape index (κ3) is 4.25. The zero-order valence-corrected chi connectivity index (χ0v) is 20.2. The van der Waals surface area contributed by atoms with Crippen molar-refractivity contribution in [1.82, 2.24) is 0 Å². The molecule has 0 fully saturated rings. The van der Waals surface area contributed by atoms with Gasteiger partial charge in [0.25, 0.3) is 0 Å². The lowest BCUT2D eigenvalue weighted by Crippen LogP contribution is -2.14. The van der Waals surface area contributed by atoms with Gasteiger partial charge in [0.15, 0.2) is 0 Å². The molecule has 0 bridgehead atoms. The largest absolute Gasteiger partial charge is 0.509 e. The van der Waals surface area contributed by atoms with Gasteiger partial charge in [0, 0.05) is 20.1 Å². The van der Waals surface area contributed by atoms with Crippen molar-refractivity contribution in [2.45, 2.75) is 26.1 Å². The fourth-order valence-corrected chi connectivity index (χ4v) is 5.90. The van der Waals surface area contributed by atoms with Crippen molar-refractivity contribution < 1.29 is 23.1 Å². The molecule has 0 aliphatic heterocycles. The van der Waals surface area contributed by atoms with Crippen molar-refractivity contribution in [3.63, 3.8) is 0 Å². The number of fused-ring (bicyclic) bond motifs is 2. The molecule has 2 atom stereocenters. The second-order valence-electron chi connectivity index (χ2n) is 6.32. The molecule has 0 aliphatic carbocycles. The van der Waals surface area contributed by atoms with Crippen molar-refractivity contribution >= 4 is 81.3 Å². The second kappa shape index (κ2) is 8.29. The predicted molar refractivity (Wildman–Crippen MR) is 121 cm³/mol. The summed E-state index contributed by atoms with van der Waals surface area (Å²) in [5.74, 6) is 0. The number of carbonyl (C=O) groups excluding carboxylic acids is 1. The van der Waals surface area contributed by atoms with E-state index < -0.39 is 28.2 Å². The highest BCUT2D eigenvalue weighted by Gasteiger charge is 2.22. The summed E-state index contributed by atoms with van der Waals surface area (Å²) in [7, 11) is 0. The lowest BCUT2D eigenvalue weighted by Gasteiger charge is -2.18. The summed E-state index contributed by atoms with van der Waals surface area (Å²) in [6, 6.07) is 6.80. The van der Waals surface area contributed by atoms with Gasteiger partial charge >= 0.3 is 16.0 Å². The molecule has 156 valence electrons. The van der Waals surface area contributed by atoms with Crippen molar-refractivity contribution in [2.75, 3.05) is 0 Å². The first-order chi connectivity index (χ1) is 14.2. The fourth-order valence-electron chi connectivity index (χ4n) is 2.89. The Morgan fingerprint density at radius 2 is 1.23 bits per heavy atom. The van der Waals surface area contributed by atoms with Gasteiger partial charge in [-0.3, -0.25) is 0 Å². The average Bonchev–Trinajstić information content (AvgIpc) is 3.19. The van der Waals surface area contributed by atoms with Crippen LogP contribution >= 0.6 is 54.5 Å². The van der Waals surface area contributed by atoms with Gasteiger partial charge in [-0.25, -0.2) is 14.4 Å². The van der Waals surface area contributed by atoms with Gasteiger partial charge in [-0.2, -0.15) is 0 Å². The molecular weight excluding hydrogens is 564 g/mol. The highest BCUT2D eigenvalue weighted by Crippen LogP contribution is 2.34. The zero-order valence-electron chi connectivity index (χ0n) is 15.4. The maximum absolute atomic E-state index is 12.4. The minimum atomic E-state index is -0.868. The molecule has 4 aromatic rings. The van der Waals surface area contributed by atoms with Crippen LogP contribution in [0, 0.1) is 0 Å². The number of rotatable bonds is 4. The van der Waals surface area contributed by atoms with Crippen molar-refractivity contribution in [2.24, 2.45) is 0 Å². The molecule has 0 N–H and O–H groups in total. The molecule has 2 aromatic heterocycles. The van der Waals surface area contributed by atoms with Crippen LogP contribution < -0.4 is 9.88 Å². The van der Waals surface area contributed by atoms with E-state index in [9.17, 15) is 14.4 Å². The first-order valence-electron chi connectivity index (χ1n) is 8.54. The van der Waals surface area contributed by atoms with E-state index in [1.54, 1.807) is 38.1 Å². The Labute approximate surface area is 193 Å². The number of halogens is 2. The molecule has 0 aliphatic rings. The monoisotopic (exact) mass is 574 g/mol. The maximum Gasteiger partial charge on any atom is 0.509 e. The van der Waals surface area contributed by atoms with Crippen LogP contribution in [0.1, 0.15) is 37.2 Å². The Balaban J connectivity index is 1.50. The quantitative estimate of drug-likeness (QED) is 0.255. The molecule has 2 heterocycles. The van der Waals surface area contributed by atoms with Crippen LogP contribution in [0.4, 0.5) is 4.79 Å². The standard InChI is InChI=1S/C19H12Br2O7S2/c1-7(9-3-13-15(5-11(9)20)29-18(23)27-13)25-17(22)26-8(2)10-4-14-16(6-12(10)21)30-19(24)28-14/h3-8H,1-2H3. The Bertz CT molecular complexity index is 1280. The summed E-state index contributed by atoms with van der Waals surface area (Å²) in [5, 5.41) is 0. The Morgan fingerprint density at radius 1 is 0.833 bits per heavy atom. The van der Waals surface area contributed by atoms with Crippen LogP contribution in [-0.4, -0.2) is 6.16 Å². The molecule has 0 saturated heterocycles. The van der Waals surface area contributed by atoms with E-state index in [0.29, 0.717) is 40.6 Å². The first kappa shape index (κ1) is 21.3. The molecule has 2 aromatic carbocycles. The third-order valence-electron chi connectivity index (χ3n) is 4.32. The normalized spacial score (nSPS) is 13.5. The number of hydrogen-bond donors (Lipinski definition) is 0. The Morgan fingerprint density at radius 3 is 1.63 bits per heavy atom. The van der Waals surface area contributed by atoms with Crippen molar-refractivity contribution in [1.29, 1.82) is 0 Å². The smallest absolute Gasteiger partial charge is 0.426 e. The van der Waals surface area contributed by atoms with E-state index in [1.807, 2.05) is 0 Å². The van der Waals surface area contributed by atoms with Crippen LogP contribution in [0.5, 0.6) is 0 Å². The molecule has 0 radical (unpaired) electrons. The highest BCUT2D eigenvalue weighted by molar-refractivity contribution is 9.10. The maximum atomic E-state index is 12.4. The average molecular weight is 576 g/mol. The van der Waals surface area contributed by atoms with Gasteiger partial charge < -0.3 is 18.3 Å².